The van der Waals surface area contributed by atoms with Crippen LogP contribution in [-0.4, -0.2) is 42.7 Å². The molecule has 1 amide bonds. The number of ether oxygens (including phenoxy) is 1. The second kappa shape index (κ2) is 6.23. The van der Waals surface area contributed by atoms with Gasteiger partial charge >= 0.3 is 0 Å². The predicted molar refractivity (Wildman–Crippen MR) is 90.5 cm³/mol. The second-order valence-electron chi connectivity index (χ2n) is 6.07. The smallest absolute Gasteiger partial charge is 0.280 e. The molecule has 2 N–H and O–H groups in total. The van der Waals surface area contributed by atoms with Crippen molar-refractivity contribution in [2.75, 3.05) is 11.2 Å². The van der Waals surface area contributed by atoms with Crippen LogP contribution >= 0.6 is 11.6 Å². The second-order valence-corrected chi connectivity index (χ2v) is 6.33. The highest BCUT2D eigenvalue weighted by molar-refractivity contribution is 6.19. The zero-order chi connectivity index (χ0) is 18.4. The molecule has 25 heavy (non-hydrogen) atoms. The van der Waals surface area contributed by atoms with Gasteiger partial charge in [-0.1, -0.05) is 13.8 Å². The van der Waals surface area contributed by atoms with Gasteiger partial charge in [-0.2, -0.15) is 4.98 Å². The Bertz CT molecular complexity index is 901. The van der Waals surface area contributed by atoms with Gasteiger partial charge in [0.1, 0.15) is 0 Å². The van der Waals surface area contributed by atoms with E-state index < -0.39 is 23.3 Å². The van der Waals surface area contributed by atoms with Gasteiger partial charge in [-0.3, -0.25) is 29.3 Å². The summed E-state index contributed by atoms with van der Waals surface area (Å²) in [5.74, 6) is -0.809. The van der Waals surface area contributed by atoms with Crippen LogP contribution in [0.4, 0.5) is 5.95 Å². The van der Waals surface area contributed by atoms with Gasteiger partial charge in [0.15, 0.2) is 23.2 Å². The summed E-state index contributed by atoms with van der Waals surface area (Å²) in [5.41, 5.74) is -1.09. The topological polar surface area (TPSA) is 119 Å². The van der Waals surface area contributed by atoms with Gasteiger partial charge in [0.05, 0.1) is 17.8 Å². The largest absolute Gasteiger partial charge is 0.342 e. The Morgan fingerprint density at radius 3 is 2.80 bits per heavy atom. The fourth-order valence-corrected chi connectivity index (χ4v) is 3.49. The van der Waals surface area contributed by atoms with E-state index in [-0.39, 0.29) is 34.7 Å². The number of hydrogen-bond donors (Lipinski definition) is 2. The number of amides is 1. The van der Waals surface area contributed by atoms with E-state index >= 15 is 0 Å². The van der Waals surface area contributed by atoms with E-state index in [0.717, 1.165) is 0 Å². The van der Waals surface area contributed by atoms with Crippen molar-refractivity contribution in [3.63, 3.8) is 0 Å². The zero-order valence-electron chi connectivity index (χ0n) is 14.0. The first kappa shape index (κ1) is 17.6. The molecular formula is C15H18ClN5O4. The van der Waals surface area contributed by atoms with Crippen molar-refractivity contribution in [3.05, 3.63) is 16.7 Å². The summed E-state index contributed by atoms with van der Waals surface area (Å²) >= 11 is 6.06. The van der Waals surface area contributed by atoms with Crippen LogP contribution in [0.3, 0.4) is 0 Å². The average Bonchev–Trinajstić information content (AvgIpc) is 3.08. The molecule has 2 aromatic heterocycles. The number of aromatic amines is 1. The molecule has 3 rings (SSSR count). The first-order valence-corrected chi connectivity index (χ1v) is 8.38. The Morgan fingerprint density at radius 2 is 2.24 bits per heavy atom. The third kappa shape index (κ3) is 2.73. The molecule has 3 atom stereocenters. The van der Waals surface area contributed by atoms with Crippen LogP contribution in [0, 0.1) is 5.92 Å². The molecule has 3 heterocycles. The maximum absolute atomic E-state index is 12.7. The van der Waals surface area contributed by atoms with Crippen molar-refractivity contribution in [3.8, 4) is 0 Å². The molecule has 134 valence electrons. The minimum absolute atomic E-state index is 0.0238. The number of carbonyl (C=O) groups excluding carboxylic acids is 2. The Morgan fingerprint density at radius 1 is 1.52 bits per heavy atom. The monoisotopic (exact) mass is 367 g/mol. The molecule has 0 aliphatic carbocycles. The van der Waals surface area contributed by atoms with E-state index in [0.29, 0.717) is 6.42 Å². The third-order valence-electron chi connectivity index (χ3n) is 4.61. The summed E-state index contributed by atoms with van der Waals surface area (Å²) in [6.45, 7) is 4.97. The maximum Gasteiger partial charge on any atom is 0.280 e. The number of anilines is 1. The summed E-state index contributed by atoms with van der Waals surface area (Å²) < 4.78 is 7.39. The Kier molecular flexibility index (Phi) is 4.38. The van der Waals surface area contributed by atoms with E-state index in [9.17, 15) is 14.4 Å². The molecule has 10 heteroatoms. The summed E-state index contributed by atoms with van der Waals surface area (Å²) in [7, 11) is 0. The number of H-pyrrole nitrogens is 1. The Hall–Kier alpha value is -2.26. The molecule has 0 bridgehead atoms. The van der Waals surface area contributed by atoms with Gasteiger partial charge in [-0.25, -0.2) is 4.98 Å². The molecule has 1 saturated heterocycles. The van der Waals surface area contributed by atoms with E-state index in [2.05, 4.69) is 20.3 Å². The van der Waals surface area contributed by atoms with E-state index in [1.807, 2.05) is 6.92 Å². The first-order chi connectivity index (χ1) is 11.8. The number of rotatable bonds is 4. The van der Waals surface area contributed by atoms with Crippen molar-refractivity contribution in [1.82, 2.24) is 19.5 Å². The molecule has 0 unspecified atom stereocenters. The first-order valence-electron chi connectivity index (χ1n) is 7.85. The lowest BCUT2D eigenvalue weighted by Gasteiger charge is -2.28. The van der Waals surface area contributed by atoms with Gasteiger partial charge in [-0.05, 0) is 6.42 Å². The van der Waals surface area contributed by atoms with Gasteiger partial charge in [0.25, 0.3) is 5.56 Å². The summed E-state index contributed by atoms with van der Waals surface area (Å²) in [4.78, 5) is 46.7. The Labute approximate surface area is 147 Å². The van der Waals surface area contributed by atoms with Crippen LogP contribution in [0.25, 0.3) is 11.2 Å². The van der Waals surface area contributed by atoms with Gasteiger partial charge < -0.3 is 4.74 Å². The number of nitrogens with zero attached hydrogens (tertiary/aromatic N) is 3. The average molecular weight is 368 g/mol. The van der Waals surface area contributed by atoms with Crippen LogP contribution < -0.4 is 10.9 Å². The number of Topliss-reactive ketones (excluding diaryl/α,β-unsaturated/α-hetero) is 1. The molecule has 0 aromatic carbocycles. The van der Waals surface area contributed by atoms with Gasteiger partial charge in [0, 0.05) is 12.8 Å². The van der Waals surface area contributed by atoms with E-state index in [4.69, 9.17) is 16.3 Å². The van der Waals surface area contributed by atoms with Gasteiger partial charge in [-0.15, -0.1) is 11.6 Å². The van der Waals surface area contributed by atoms with Crippen molar-refractivity contribution in [2.45, 2.75) is 39.0 Å². The number of aromatic nitrogens is 4. The lowest BCUT2D eigenvalue weighted by atomic mass is 9.87. The fourth-order valence-electron chi connectivity index (χ4n) is 3.00. The highest BCUT2D eigenvalue weighted by Gasteiger charge is 2.51. The molecule has 0 spiro atoms. The molecule has 1 aliphatic heterocycles. The summed E-state index contributed by atoms with van der Waals surface area (Å²) in [6.07, 6.45) is 0.926. The molecule has 9 nitrogen and oxygen atoms in total. The highest BCUT2D eigenvalue weighted by Crippen LogP contribution is 2.42. The third-order valence-corrected chi connectivity index (χ3v) is 5.06. The van der Waals surface area contributed by atoms with Crippen LogP contribution in [0.15, 0.2) is 11.1 Å². The standard InChI is InChI=1S/C15H18ClN5O4/c1-4-15(5-16)7(2)10(23)13(25-15)21-6-17-9-11(21)19-14(18-8(3)22)20-12(9)24/h6-7,13H,4-5H2,1-3H3,(H2,18,19,20,22,24)/t7-,13+,15-/m0/s1. The van der Waals surface area contributed by atoms with E-state index in [1.54, 1.807) is 6.92 Å². The van der Waals surface area contributed by atoms with Crippen molar-refractivity contribution < 1.29 is 14.3 Å². The number of imidazole rings is 1. The van der Waals surface area contributed by atoms with Crippen LogP contribution in [0.1, 0.15) is 33.4 Å². The Balaban J connectivity index is 2.10. The van der Waals surface area contributed by atoms with Crippen molar-refractivity contribution >= 4 is 40.4 Å². The van der Waals surface area contributed by atoms with Crippen LogP contribution in [0.5, 0.6) is 0 Å². The molecule has 2 aromatic rings. The number of halogens is 1. The van der Waals surface area contributed by atoms with Crippen LogP contribution in [-0.2, 0) is 14.3 Å². The van der Waals surface area contributed by atoms with Gasteiger partial charge in [0.2, 0.25) is 11.9 Å². The summed E-state index contributed by atoms with van der Waals surface area (Å²) in [5, 5.41) is 2.41. The summed E-state index contributed by atoms with van der Waals surface area (Å²) in [6, 6.07) is 0. The maximum atomic E-state index is 12.7. The molecule has 1 fully saturated rings. The number of nitrogens with one attached hydrogen (secondary N) is 2. The number of hydrogen-bond acceptors (Lipinski definition) is 6. The lowest BCUT2D eigenvalue weighted by molar-refractivity contribution is -0.129. The predicted octanol–water partition coefficient (Wildman–Crippen LogP) is 1.20. The SMILES string of the molecule is CC[C@@]1(CCl)O[C@@H](n2cnc3c(=O)[nH]c(NC(C)=O)nc32)C(=O)[C@@H]1C. The number of fused-ring (bicyclic) bond motifs is 1. The minimum atomic E-state index is -0.974. The van der Waals surface area contributed by atoms with E-state index in [1.165, 1.54) is 17.8 Å². The quantitative estimate of drug-likeness (QED) is 0.783. The van der Waals surface area contributed by atoms with Crippen molar-refractivity contribution in [1.29, 1.82) is 0 Å². The zero-order valence-corrected chi connectivity index (χ0v) is 14.8. The van der Waals surface area contributed by atoms with Crippen LogP contribution in [0.2, 0.25) is 0 Å². The number of ketones is 1. The minimum Gasteiger partial charge on any atom is -0.342 e. The highest BCUT2D eigenvalue weighted by atomic mass is 35.5. The normalized spacial score (nSPS) is 26.3. The number of alkyl halides is 1. The van der Waals surface area contributed by atoms with Crippen molar-refractivity contribution in [2.24, 2.45) is 5.92 Å². The molecule has 0 radical (unpaired) electrons. The molecular weight excluding hydrogens is 350 g/mol. The lowest BCUT2D eigenvalue weighted by Crippen LogP contribution is -2.36. The number of carbonyl (C=O) groups is 2. The molecule has 0 saturated carbocycles. The molecule has 1 aliphatic rings. The fraction of sp³-hybridized carbons (Fsp3) is 0.533.